The molecule has 5 nitrogen and oxygen atoms in total. The van der Waals surface area contributed by atoms with Crippen LogP contribution in [0, 0.1) is 11.8 Å². The van der Waals surface area contributed by atoms with Gasteiger partial charge in [-0.05, 0) is 31.6 Å². The number of hydrogen-bond donors (Lipinski definition) is 3. The predicted octanol–water partition coefficient (Wildman–Crippen LogP) is 2.58. The number of aliphatic carboxylic acids is 1. The van der Waals surface area contributed by atoms with Crippen LogP contribution in [0.25, 0.3) is 0 Å². The summed E-state index contributed by atoms with van der Waals surface area (Å²) in [6.45, 7) is 8.09. The molecule has 1 fully saturated rings. The number of nitrogens with one attached hydrogen (secondary N) is 2. The lowest BCUT2D eigenvalue weighted by molar-refractivity contribution is -0.140. The summed E-state index contributed by atoms with van der Waals surface area (Å²) in [5.74, 6) is 0.111. The Kier molecular flexibility index (Phi) is 9.69. The Bertz CT molecular complexity index is 365. The Morgan fingerprint density at radius 3 is 2.45 bits per heavy atom. The average molecular weight is 335 g/mol. The molecule has 130 valence electrons. The van der Waals surface area contributed by atoms with Gasteiger partial charge in [0, 0.05) is 6.04 Å². The van der Waals surface area contributed by atoms with Crippen LogP contribution in [0.5, 0.6) is 0 Å². The number of carboxylic acids is 1. The highest BCUT2D eigenvalue weighted by Gasteiger charge is 2.30. The molecule has 0 saturated heterocycles. The molecule has 0 radical (unpaired) electrons. The number of carboxylic acid groups (broad SMARTS) is 1. The molecule has 1 aliphatic carbocycles. The third kappa shape index (κ3) is 6.13. The molecule has 0 aromatic heterocycles. The van der Waals surface area contributed by atoms with Crippen LogP contribution in [0.3, 0.4) is 0 Å². The summed E-state index contributed by atoms with van der Waals surface area (Å²) in [6.07, 6.45) is 4.69. The maximum absolute atomic E-state index is 12.3. The van der Waals surface area contributed by atoms with Crippen LogP contribution in [0.15, 0.2) is 0 Å². The van der Waals surface area contributed by atoms with E-state index < -0.39 is 18.1 Å². The topological polar surface area (TPSA) is 78.4 Å². The first kappa shape index (κ1) is 21.2. The van der Waals surface area contributed by atoms with Crippen LogP contribution in [0.4, 0.5) is 0 Å². The lowest BCUT2D eigenvalue weighted by Crippen LogP contribution is -2.53. The van der Waals surface area contributed by atoms with Crippen molar-refractivity contribution in [1.82, 2.24) is 10.6 Å². The van der Waals surface area contributed by atoms with Crippen LogP contribution < -0.4 is 10.6 Å². The van der Waals surface area contributed by atoms with E-state index in [2.05, 4.69) is 24.5 Å². The zero-order chi connectivity index (χ0) is 16.0. The van der Waals surface area contributed by atoms with E-state index in [1.807, 2.05) is 6.92 Å². The first-order chi connectivity index (χ1) is 9.86. The third-order valence-corrected chi connectivity index (χ3v) is 4.75. The Balaban J connectivity index is 0.00000441. The molecule has 0 aromatic rings. The minimum absolute atomic E-state index is 0. The van der Waals surface area contributed by atoms with Crippen molar-refractivity contribution in [2.24, 2.45) is 11.8 Å². The molecule has 6 heteroatoms. The molecule has 0 bridgehead atoms. The molecule has 0 spiro atoms. The maximum atomic E-state index is 12.3. The minimum Gasteiger partial charge on any atom is -0.480 e. The van der Waals surface area contributed by atoms with E-state index in [0.29, 0.717) is 18.3 Å². The van der Waals surface area contributed by atoms with Crippen molar-refractivity contribution in [3.8, 4) is 0 Å². The number of hydrogen-bond acceptors (Lipinski definition) is 3. The lowest BCUT2D eigenvalue weighted by atomic mass is 9.78. The summed E-state index contributed by atoms with van der Waals surface area (Å²) in [5.41, 5.74) is 0. The summed E-state index contributed by atoms with van der Waals surface area (Å²) in [6, 6.07) is -0.930. The fraction of sp³-hybridized carbons (Fsp3) is 0.875. The fourth-order valence-electron chi connectivity index (χ4n) is 3.04. The Labute approximate surface area is 140 Å². The quantitative estimate of drug-likeness (QED) is 0.668. The van der Waals surface area contributed by atoms with Gasteiger partial charge in [-0.3, -0.25) is 14.9 Å². The summed E-state index contributed by atoms with van der Waals surface area (Å²) in [5, 5.41) is 15.2. The van der Waals surface area contributed by atoms with Gasteiger partial charge in [0.25, 0.3) is 0 Å². The highest BCUT2D eigenvalue weighted by atomic mass is 35.5. The zero-order valence-corrected chi connectivity index (χ0v) is 14.9. The molecule has 5 atom stereocenters. The molecule has 1 saturated carbocycles. The zero-order valence-electron chi connectivity index (χ0n) is 14.1. The molecule has 1 aliphatic rings. The highest BCUT2D eigenvalue weighted by Crippen LogP contribution is 2.29. The van der Waals surface area contributed by atoms with Gasteiger partial charge in [0.1, 0.15) is 6.04 Å². The van der Waals surface area contributed by atoms with E-state index >= 15 is 0 Å². The average Bonchev–Trinajstić information content (AvgIpc) is 2.43. The van der Waals surface area contributed by atoms with E-state index in [4.69, 9.17) is 5.11 Å². The molecular weight excluding hydrogens is 304 g/mol. The van der Waals surface area contributed by atoms with Crippen molar-refractivity contribution in [2.45, 2.75) is 77.9 Å². The molecule has 0 heterocycles. The van der Waals surface area contributed by atoms with Crippen molar-refractivity contribution in [3.63, 3.8) is 0 Å². The monoisotopic (exact) mass is 334 g/mol. The normalized spacial score (nSPS) is 27.4. The Morgan fingerprint density at radius 1 is 1.27 bits per heavy atom. The van der Waals surface area contributed by atoms with Crippen LogP contribution in [-0.2, 0) is 9.59 Å². The SMILES string of the molecule is CCCC(NC(C)C(=O)NC1CCCC(C)C1C)C(=O)O.Cl. The van der Waals surface area contributed by atoms with Crippen molar-refractivity contribution in [3.05, 3.63) is 0 Å². The standard InChI is InChI=1S/C16H30N2O3.ClH/c1-5-7-14(16(20)21)17-12(4)15(19)18-13-9-6-8-10(2)11(13)3;/h10-14,17H,5-9H2,1-4H3,(H,18,19)(H,20,21);1H. The maximum Gasteiger partial charge on any atom is 0.320 e. The van der Waals surface area contributed by atoms with Gasteiger partial charge >= 0.3 is 5.97 Å². The van der Waals surface area contributed by atoms with Gasteiger partial charge in [-0.25, -0.2) is 0 Å². The van der Waals surface area contributed by atoms with Crippen LogP contribution in [0.1, 0.15) is 59.8 Å². The largest absolute Gasteiger partial charge is 0.480 e. The number of amides is 1. The number of carbonyl (C=O) groups excluding carboxylic acids is 1. The molecule has 1 rings (SSSR count). The first-order valence-corrected chi connectivity index (χ1v) is 8.16. The Hall–Kier alpha value is -0.810. The molecular formula is C16H31ClN2O3. The van der Waals surface area contributed by atoms with Gasteiger partial charge in [-0.2, -0.15) is 0 Å². The van der Waals surface area contributed by atoms with Crippen LogP contribution in [0.2, 0.25) is 0 Å². The number of carbonyl (C=O) groups is 2. The van der Waals surface area contributed by atoms with Crippen LogP contribution >= 0.6 is 12.4 Å². The lowest BCUT2D eigenvalue weighted by Gasteiger charge is -2.35. The summed E-state index contributed by atoms with van der Waals surface area (Å²) < 4.78 is 0. The third-order valence-electron chi connectivity index (χ3n) is 4.75. The van der Waals surface area contributed by atoms with E-state index in [9.17, 15) is 9.59 Å². The van der Waals surface area contributed by atoms with Crippen molar-refractivity contribution in [1.29, 1.82) is 0 Å². The van der Waals surface area contributed by atoms with E-state index in [1.54, 1.807) is 6.92 Å². The number of rotatable bonds is 7. The van der Waals surface area contributed by atoms with Crippen molar-refractivity contribution < 1.29 is 14.7 Å². The van der Waals surface area contributed by atoms with E-state index in [0.717, 1.165) is 19.3 Å². The summed E-state index contributed by atoms with van der Waals surface area (Å²) >= 11 is 0. The second-order valence-corrected chi connectivity index (χ2v) is 6.45. The molecule has 0 aliphatic heterocycles. The first-order valence-electron chi connectivity index (χ1n) is 8.16. The van der Waals surface area contributed by atoms with E-state index in [1.165, 1.54) is 6.42 Å². The van der Waals surface area contributed by atoms with Gasteiger partial charge in [0.2, 0.25) is 5.91 Å². The second-order valence-electron chi connectivity index (χ2n) is 6.45. The molecule has 0 aromatic carbocycles. The van der Waals surface area contributed by atoms with Gasteiger partial charge in [-0.1, -0.05) is 40.0 Å². The van der Waals surface area contributed by atoms with E-state index in [-0.39, 0.29) is 24.4 Å². The van der Waals surface area contributed by atoms with Gasteiger partial charge < -0.3 is 10.4 Å². The molecule has 22 heavy (non-hydrogen) atoms. The summed E-state index contributed by atoms with van der Waals surface area (Å²) in [7, 11) is 0. The van der Waals surface area contributed by atoms with Crippen molar-refractivity contribution in [2.75, 3.05) is 0 Å². The molecule has 3 N–H and O–H groups in total. The second kappa shape index (κ2) is 10.1. The number of halogens is 1. The molecule has 1 amide bonds. The van der Waals surface area contributed by atoms with Gasteiger partial charge in [0.15, 0.2) is 0 Å². The van der Waals surface area contributed by atoms with Gasteiger partial charge in [-0.15, -0.1) is 12.4 Å². The smallest absolute Gasteiger partial charge is 0.320 e. The summed E-state index contributed by atoms with van der Waals surface area (Å²) in [4.78, 5) is 23.4. The van der Waals surface area contributed by atoms with Crippen LogP contribution in [-0.4, -0.2) is 35.1 Å². The van der Waals surface area contributed by atoms with Crippen molar-refractivity contribution >= 4 is 24.3 Å². The molecule has 5 unspecified atom stereocenters. The highest BCUT2D eigenvalue weighted by molar-refractivity contribution is 5.85. The minimum atomic E-state index is -0.892. The van der Waals surface area contributed by atoms with Gasteiger partial charge in [0.05, 0.1) is 6.04 Å². The predicted molar refractivity (Wildman–Crippen MR) is 90.3 cm³/mol. The Morgan fingerprint density at radius 2 is 1.91 bits per heavy atom. The fourth-order valence-corrected chi connectivity index (χ4v) is 3.04.